The Morgan fingerprint density at radius 2 is 2.23 bits per heavy atom. The van der Waals surface area contributed by atoms with Crippen LogP contribution in [0.2, 0.25) is 0 Å². The Hall–Kier alpha value is -2.25. The van der Waals surface area contributed by atoms with E-state index in [4.69, 9.17) is 4.74 Å². The molecule has 2 amide bonds. The maximum Gasteiger partial charge on any atom is 0.225 e. The van der Waals surface area contributed by atoms with Crippen molar-refractivity contribution in [1.82, 2.24) is 15.2 Å². The first-order chi connectivity index (χ1) is 12.6. The van der Waals surface area contributed by atoms with Crippen molar-refractivity contribution in [1.29, 1.82) is 0 Å². The van der Waals surface area contributed by atoms with Crippen LogP contribution in [-0.4, -0.2) is 48.5 Å². The van der Waals surface area contributed by atoms with Crippen molar-refractivity contribution < 1.29 is 14.3 Å². The Kier molecular flexibility index (Phi) is 6.00. The number of nitrogens with one attached hydrogen (secondary N) is 1. The molecule has 1 fully saturated rings. The zero-order valence-electron chi connectivity index (χ0n) is 15.0. The van der Waals surface area contributed by atoms with Gasteiger partial charge in [0, 0.05) is 37.6 Å². The van der Waals surface area contributed by atoms with E-state index in [2.05, 4.69) is 29.4 Å². The molecule has 1 saturated heterocycles. The fourth-order valence-corrected chi connectivity index (χ4v) is 3.92. The molecule has 1 aliphatic heterocycles. The van der Waals surface area contributed by atoms with E-state index in [-0.39, 0.29) is 24.2 Å². The summed E-state index contributed by atoms with van der Waals surface area (Å²) in [5, 5.41) is 5.83. The third-order valence-corrected chi connectivity index (χ3v) is 5.45. The number of aryl methyl sites for hydroxylation is 1. The van der Waals surface area contributed by atoms with E-state index in [9.17, 15) is 9.59 Å². The first-order valence-electron chi connectivity index (χ1n) is 8.63. The fourth-order valence-electron chi connectivity index (χ4n) is 3.01. The van der Waals surface area contributed by atoms with E-state index in [0.29, 0.717) is 26.2 Å². The molecule has 138 valence electrons. The summed E-state index contributed by atoms with van der Waals surface area (Å²) in [6.45, 7) is 3.92. The largest absolute Gasteiger partial charge is 0.383 e. The highest BCUT2D eigenvalue weighted by Gasteiger charge is 2.33. The van der Waals surface area contributed by atoms with Crippen LogP contribution in [0.1, 0.15) is 17.7 Å². The van der Waals surface area contributed by atoms with E-state index in [1.807, 2.05) is 17.5 Å². The Balaban J connectivity index is 1.54. The number of likely N-dealkylation sites (tertiary alicyclic amines) is 1. The predicted octanol–water partition coefficient (Wildman–Crippen LogP) is 2.23. The van der Waals surface area contributed by atoms with Crippen LogP contribution in [0.4, 0.5) is 0 Å². The van der Waals surface area contributed by atoms with Crippen molar-refractivity contribution in [2.24, 2.45) is 5.92 Å². The highest BCUT2D eigenvalue weighted by atomic mass is 32.1. The van der Waals surface area contributed by atoms with Crippen LogP contribution in [0.5, 0.6) is 0 Å². The van der Waals surface area contributed by atoms with E-state index in [1.54, 1.807) is 23.3 Å². The molecule has 0 aliphatic carbocycles. The van der Waals surface area contributed by atoms with E-state index in [1.165, 1.54) is 5.56 Å². The SMILES string of the molecule is COCCN1CC(C(=O)NCc2csc(-c3ccccc3C)n2)CC1=O. The third kappa shape index (κ3) is 4.28. The number of aromatic nitrogens is 1. The van der Waals surface area contributed by atoms with Crippen LogP contribution >= 0.6 is 11.3 Å². The summed E-state index contributed by atoms with van der Waals surface area (Å²) < 4.78 is 5.00. The molecule has 2 heterocycles. The fraction of sp³-hybridized carbons (Fsp3) is 0.421. The molecule has 1 N–H and O–H groups in total. The van der Waals surface area contributed by atoms with Crippen LogP contribution in [-0.2, 0) is 20.9 Å². The lowest BCUT2D eigenvalue weighted by Gasteiger charge is -2.15. The summed E-state index contributed by atoms with van der Waals surface area (Å²) in [5.41, 5.74) is 3.13. The molecule has 6 nitrogen and oxygen atoms in total. The highest BCUT2D eigenvalue weighted by Crippen LogP contribution is 2.26. The topological polar surface area (TPSA) is 71.5 Å². The molecule has 0 saturated carbocycles. The van der Waals surface area contributed by atoms with Gasteiger partial charge in [-0.2, -0.15) is 0 Å². The van der Waals surface area contributed by atoms with Crippen molar-refractivity contribution >= 4 is 23.2 Å². The molecule has 1 aromatic heterocycles. The number of hydrogen-bond acceptors (Lipinski definition) is 5. The number of benzene rings is 1. The average molecular weight is 373 g/mol. The number of amides is 2. The first-order valence-corrected chi connectivity index (χ1v) is 9.51. The van der Waals surface area contributed by atoms with Gasteiger partial charge in [-0.25, -0.2) is 4.98 Å². The maximum absolute atomic E-state index is 12.4. The van der Waals surface area contributed by atoms with Crippen LogP contribution in [0, 0.1) is 12.8 Å². The summed E-state index contributed by atoms with van der Waals surface area (Å²) in [6.07, 6.45) is 0.265. The molecule has 0 radical (unpaired) electrons. The molecule has 7 heteroatoms. The van der Waals surface area contributed by atoms with Crippen LogP contribution in [0.3, 0.4) is 0 Å². The van der Waals surface area contributed by atoms with Crippen molar-refractivity contribution in [2.75, 3.05) is 26.8 Å². The standard InChI is InChI=1S/C19H23N3O3S/c1-13-5-3-4-6-16(13)19-21-15(12-26-19)10-20-18(24)14-9-17(23)22(11-14)7-8-25-2/h3-6,12,14H,7-11H2,1-2H3,(H,20,24). The van der Waals surface area contributed by atoms with Crippen molar-refractivity contribution in [3.63, 3.8) is 0 Å². The molecule has 1 atom stereocenters. The molecular weight excluding hydrogens is 350 g/mol. The molecule has 2 aromatic rings. The zero-order valence-corrected chi connectivity index (χ0v) is 15.8. The Bertz CT molecular complexity index is 790. The molecule has 0 spiro atoms. The number of ether oxygens (including phenoxy) is 1. The second-order valence-electron chi connectivity index (χ2n) is 6.41. The van der Waals surface area contributed by atoms with Gasteiger partial charge in [-0.15, -0.1) is 11.3 Å². The van der Waals surface area contributed by atoms with Gasteiger partial charge in [0.2, 0.25) is 11.8 Å². The van der Waals surface area contributed by atoms with Crippen molar-refractivity contribution in [3.8, 4) is 10.6 Å². The minimum atomic E-state index is -0.297. The quantitative estimate of drug-likeness (QED) is 0.808. The van der Waals surface area contributed by atoms with Gasteiger partial charge < -0.3 is 15.0 Å². The van der Waals surface area contributed by atoms with E-state index in [0.717, 1.165) is 16.3 Å². The molecule has 1 aliphatic rings. The lowest BCUT2D eigenvalue weighted by atomic mass is 10.1. The summed E-state index contributed by atoms with van der Waals surface area (Å²) in [4.78, 5) is 30.6. The molecule has 3 rings (SSSR count). The van der Waals surface area contributed by atoms with E-state index >= 15 is 0 Å². The number of carbonyl (C=O) groups is 2. The van der Waals surface area contributed by atoms with Crippen molar-refractivity contribution in [2.45, 2.75) is 19.9 Å². The normalized spacial score (nSPS) is 16.9. The van der Waals surface area contributed by atoms with Gasteiger partial charge in [0.25, 0.3) is 0 Å². The second kappa shape index (κ2) is 8.42. The average Bonchev–Trinajstić information content (AvgIpc) is 3.25. The lowest BCUT2D eigenvalue weighted by molar-refractivity contribution is -0.129. The number of carbonyl (C=O) groups excluding carboxylic acids is 2. The van der Waals surface area contributed by atoms with Gasteiger partial charge in [0.15, 0.2) is 0 Å². The highest BCUT2D eigenvalue weighted by molar-refractivity contribution is 7.13. The molecule has 1 aromatic carbocycles. The summed E-state index contributed by atoms with van der Waals surface area (Å²) in [7, 11) is 1.60. The monoisotopic (exact) mass is 373 g/mol. The van der Waals surface area contributed by atoms with Gasteiger partial charge in [-0.1, -0.05) is 24.3 Å². The summed E-state index contributed by atoms with van der Waals surface area (Å²) in [5.74, 6) is -0.379. The van der Waals surface area contributed by atoms with Gasteiger partial charge in [-0.3, -0.25) is 9.59 Å². The van der Waals surface area contributed by atoms with Gasteiger partial charge >= 0.3 is 0 Å². The lowest BCUT2D eigenvalue weighted by Crippen LogP contribution is -2.33. The van der Waals surface area contributed by atoms with Crippen molar-refractivity contribution in [3.05, 3.63) is 40.9 Å². The number of nitrogens with zero attached hydrogens (tertiary/aromatic N) is 2. The Labute approximate surface area is 157 Å². The van der Waals surface area contributed by atoms with Gasteiger partial charge in [-0.05, 0) is 12.5 Å². The molecule has 0 bridgehead atoms. The zero-order chi connectivity index (χ0) is 18.5. The Morgan fingerprint density at radius 3 is 3.00 bits per heavy atom. The number of thiazole rings is 1. The molecule has 26 heavy (non-hydrogen) atoms. The van der Waals surface area contributed by atoms with Crippen LogP contribution in [0.25, 0.3) is 10.6 Å². The summed E-state index contributed by atoms with van der Waals surface area (Å²) in [6, 6.07) is 8.11. The molecule has 1 unspecified atom stereocenters. The smallest absolute Gasteiger partial charge is 0.225 e. The Morgan fingerprint density at radius 1 is 1.42 bits per heavy atom. The van der Waals surface area contributed by atoms with Crippen LogP contribution in [0.15, 0.2) is 29.6 Å². The maximum atomic E-state index is 12.4. The third-order valence-electron chi connectivity index (χ3n) is 4.52. The number of hydrogen-bond donors (Lipinski definition) is 1. The number of methoxy groups -OCH3 is 1. The minimum absolute atomic E-state index is 0.0118. The first kappa shape index (κ1) is 18.5. The minimum Gasteiger partial charge on any atom is -0.383 e. The molecular formula is C19H23N3O3S. The predicted molar refractivity (Wildman–Crippen MR) is 101 cm³/mol. The number of rotatable bonds is 7. The van der Waals surface area contributed by atoms with Gasteiger partial charge in [0.1, 0.15) is 5.01 Å². The summed E-state index contributed by atoms with van der Waals surface area (Å²) >= 11 is 1.57. The van der Waals surface area contributed by atoms with E-state index < -0.39 is 0 Å². The van der Waals surface area contributed by atoms with Gasteiger partial charge in [0.05, 0.1) is 24.8 Å². The second-order valence-corrected chi connectivity index (χ2v) is 7.27. The van der Waals surface area contributed by atoms with Crippen LogP contribution < -0.4 is 5.32 Å².